The predicted octanol–water partition coefficient (Wildman–Crippen LogP) is 2.79. The molecule has 0 bridgehead atoms. The molecule has 5 nitrogen and oxygen atoms in total. The number of rotatable bonds is 5. The summed E-state index contributed by atoms with van der Waals surface area (Å²) >= 11 is 0. The Morgan fingerprint density at radius 1 is 1.00 bits per heavy atom. The van der Waals surface area contributed by atoms with Crippen molar-refractivity contribution in [2.24, 2.45) is 0 Å². The highest BCUT2D eigenvalue weighted by molar-refractivity contribution is 5.94. The lowest BCUT2D eigenvalue weighted by atomic mass is 10.1. The second-order valence-corrected chi connectivity index (χ2v) is 6.57. The number of benzene rings is 1. The van der Waals surface area contributed by atoms with Crippen LogP contribution < -0.4 is 5.32 Å². The summed E-state index contributed by atoms with van der Waals surface area (Å²) in [7, 11) is 0. The van der Waals surface area contributed by atoms with Gasteiger partial charge in [-0.15, -0.1) is 0 Å². The average Bonchev–Trinajstić information content (AvgIpc) is 2.68. The first-order valence-electron chi connectivity index (χ1n) is 8.89. The lowest BCUT2D eigenvalue weighted by Crippen LogP contribution is -2.53. The highest BCUT2D eigenvalue weighted by atomic mass is 16.2. The Bertz CT molecular complexity index is 669. The maximum atomic E-state index is 12.5. The minimum Gasteiger partial charge on any atom is -0.325 e. The molecule has 5 heteroatoms. The maximum absolute atomic E-state index is 12.5. The topological polar surface area (TPSA) is 48.5 Å². The Morgan fingerprint density at radius 2 is 1.68 bits per heavy atom. The van der Waals surface area contributed by atoms with Crippen LogP contribution in [0.2, 0.25) is 0 Å². The fraction of sp³-hybridized carbons (Fsp3) is 0.400. The zero-order chi connectivity index (χ0) is 17.6. The van der Waals surface area contributed by atoms with E-state index < -0.39 is 0 Å². The predicted molar refractivity (Wildman–Crippen MR) is 100 cm³/mol. The van der Waals surface area contributed by atoms with E-state index in [4.69, 9.17) is 0 Å². The Hall–Kier alpha value is -2.24. The SMILES string of the molecule is CC(C(=O)Nc1ccccc1)N1CCN(C(C)c2cccnc2)CC1. The third-order valence-corrected chi connectivity index (χ3v) is 5.03. The number of pyridine rings is 1. The summed E-state index contributed by atoms with van der Waals surface area (Å²) < 4.78 is 0. The molecule has 0 spiro atoms. The molecular formula is C20H26N4O. The van der Waals surface area contributed by atoms with Crippen LogP contribution in [0, 0.1) is 0 Å². The number of carbonyl (C=O) groups is 1. The first-order chi connectivity index (χ1) is 12.1. The molecule has 1 fully saturated rings. The first kappa shape index (κ1) is 17.6. The van der Waals surface area contributed by atoms with Gasteiger partial charge >= 0.3 is 0 Å². The van der Waals surface area contributed by atoms with Crippen LogP contribution in [0.5, 0.6) is 0 Å². The van der Waals surface area contributed by atoms with Gasteiger partial charge in [0.15, 0.2) is 0 Å². The highest BCUT2D eigenvalue weighted by Crippen LogP contribution is 2.21. The molecule has 1 aromatic heterocycles. The molecule has 0 aliphatic carbocycles. The number of carbonyl (C=O) groups excluding carboxylic acids is 1. The molecule has 1 N–H and O–H groups in total. The fourth-order valence-corrected chi connectivity index (χ4v) is 3.28. The first-order valence-corrected chi connectivity index (χ1v) is 8.89. The second-order valence-electron chi connectivity index (χ2n) is 6.57. The summed E-state index contributed by atoms with van der Waals surface area (Å²) in [5.74, 6) is 0.0555. The van der Waals surface area contributed by atoms with Crippen molar-refractivity contribution in [1.29, 1.82) is 0 Å². The molecular weight excluding hydrogens is 312 g/mol. The Kier molecular flexibility index (Phi) is 5.79. The van der Waals surface area contributed by atoms with E-state index in [9.17, 15) is 4.79 Å². The van der Waals surface area contributed by atoms with Crippen LogP contribution in [0.15, 0.2) is 54.9 Å². The van der Waals surface area contributed by atoms with Crippen molar-refractivity contribution in [2.75, 3.05) is 31.5 Å². The average molecular weight is 338 g/mol. The zero-order valence-corrected chi connectivity index (χ0v) is 14.9. The van der Waals surface area contributed by atoms with Gasteiger partial charge in [-0.25, -0.2) is 0 Å². The number of hydrogen-bond donors (Lipinski definition) is 1. The van der Waals surface area contributed by atoms with E-state index in [-0.39, 0.29) is 11.9 Å². The van der Waals surface area contributed by atoms with Crippen molar-refractivity contribution >= 4 is 11.6 Å². The Labute approximate surface area is 149 Å². The van der Waals surface area contributed by atoms with Gasteiger partial charge in [-0.2, -0.15) is 0 Å². The van der Waals surface area contributed by atoms with E-state index in [1.54, 1.807) is 6.20 Å². The monoisotopic (exact) mass is 338 g/mol. The van der Waals surface area contributed by atoms with Gasteiger partial charge in [0, 0.05) is 50.3 Å². The number of amides is 1. The largest absolute Gasteiger partial charge is 0.325 e. The van der Waals surface area contributed by atoms with Gasteiger partial charge in [0.2, 0.25) is 5.91 Å². The van der Waals surface area contributed by atoms with E-state index in [0.717, 1.165) is 31.9 Å². The van der Waals surface area contributed by atoms with E-state index in [1.807, 2.05) is 49.5 Å². The van der Waals surface area contributed by atoms with Crippen molar-refractivity contribution in [3.8, 4) is 0 Å². The molecule has 2 heterocycles. The summed E-state index contributed by atoms with van der Waals surface area (Å²) in [6.45, 7) is 7.91. The van der Waals surface area contributed by atoms with Crippen LogP contribution in [0.25, 0.3) is 0 Å². The third kappa shape index (κ3) is 4.44. The Balaban J connectivity index is 1.52. The summed E-state index contributed by atoms with van der Waals surface area (Å²) in [6.07, 6.45) is 3.74. The van der Waals surface area contributed by atoms with Crippen molar-refractivity contribution in [3.63, 3.8) is 0 Å². The van der Waals surface area contributed by atoms with Crippen LogP contribution in [0.3, 0.4) is 0 Å². The smallest absolute Gasteiger partial charge is 0.241 e. The molecule has 2 aromatic rings. The van der Waals surface area contributed by atoms with Gasteiger partial charge in [-0.1, -0.05) is 24.3 Å². The standard InChI is InChI=1S/C20H26N4O/c1-16(18-7-6-10-21-15-18)23-11-13-24(14-12-23)17(2)20(25)22-19-8-4-3-5-9-19/h3-10,15-17H,11-14H2,1-2H3,(H,22,25). The van der Waals surface area contributed by atoms with Crippen LogP contribution in [-0.2, 0) is 4.79 Å². The van der Waals surface area contributed by atoms with Crippen LogP contribution >= 0.6 is 0 Å². The van der Waals surface area contributed by atoms with Crippen molar-refractivity contribution in [1.82, 2.24) is 14.8 Å². The second kappa shape index (κ2) is 8.23. The molecule has 25 heavy (non-hydrogen) atoms. The van der Waals surface area contributed by atoms with Gasteiger partial charge in [-0.3, -0.25) is 19.6 Å². The number of piperazine rings is 1. The molecule has 1 aromatic carbocycles. The highest BCUT2D eigenvalue weighted by Gasteiger charge is 2.27. The number of anilines is 1. The Morgan fingerprint density at radius 3 is 2.32 bits per heavy atom. The van der Waals surface area contributed by atoms with Crippen molar-refractivity contribution in [2.45, 2.75) is 25.9 Å². The maximum Gasteiger partial charge on any atom is 0.241 e. The molecule has 3 rings (SSSR count). The number of hydrogen-bond acceptors (Lipinski definition) is 4. The van der Waals surface area contributed by atoms with E-state index in [2.05, 4.69) is 33.1 Å². The third-order valence-electron chi connectivity index (χ3n) is 5.03. The normalized spacial score (nSPS) is 18.5. The molecule has 2 unspecified atom stereocenters. The van der Waals surface area contributed by atoms with E-state index in [1.165, 1.54) is 5.56 Å². The minimum absolute atomic E-state index is 0.0555. The summed E-state index contributed by atoms with van der Waals surface area (Å²) in [6, 6.07) is 14.0. The molecule has 1 aliphatic rings. The van der Waals surface area contributed by atoms with Gasteiger partial charge in [0.1, 0.15) is 0 Å². The number of nitrogens with one attached hydrogen (secondary N) is 1. The van der Waals surface area contributed by atoms with Crippen LogP contribution in [0.1, 0.15) is 25.5 Å². The summed E-state index contributed by atoms with van der Waals surface area (Å²) in [5, 5.41) is 3.00. The quantitative estimate of drug-likeness (QED) is 0.911. The molecule has 1 saturated heterocycles. The van der Waals surface area contributed by atoms with Gasteiger partial charge in [0.25, 0.3) is 0 Å². The molecule has 1 amide bonds. The van der Waals surface area contributed by atoms with E-state index in [0.29, 0.717) is 6.04 Å². The number of nitrogens with zero attached hydrogens (tertiary/aromatic N) is 3. The fourth-order valence-electron chi connectivity index (χ4n) is 3.28. The summed E-state index contributed by atoms with van der Waals surface area (Å²) in [4.78, 5) is 21.4. The number of para-hydroxylation sites is 1. The van der Waals surface area contributed by atoms with Crippen LogP contribution in [0.4, 0.5) is 5.69 Å². The molecule has 0 radical (unpaired) electrons. The molecule has 1 aliphatic heterocycles. The van der Waals surface area contributed by atoms with E-state index >= 15 is 0 Å². The number of aromatic nitrogens is 1. The van der Waals surface area contributed by atoms with Crippen molar-refractivity contribution in [3.05, 3.63) is 60.4 Å². The molecule has 2 atom stereocenters. The van der Waals surface area contributed by atoms with Crippen LogP contribution in [-0.4, -0.2) is 52.9 Å². The van der Waals surface area contributed by atoms with Crippen molar-refractivity contribution < 1.29 is 4.79 Å². The lowest BCUT2D eigenvalue weighted by molar-refractivity contribution is -0.121. The summed E-state index contributed by atoms with van der Waals surface area (Å²) in [5.41, 5.74) is 2.09. The minimum atomic E-state index is -0.129. The zero-order valence-electron chi connectivity index (χ0n) is 14.9. The lowest BCUT2D eigenvalue weighted by Gasteiger charge is -2.40. The molecule has 0 saturated carbocycles. The molecule has 132 valence electrons. The van der Waals surface area contributed by atoms with Gasteiger partial charge in [-0.05, 0) is 37.6 Å². The van der Waals surface area contributed by atoms with Gasteiger partial charge in [0.05, 0.1) is 6.04 Å². The van der Waals surface area contributed by atoms with Gasteiger partial charge < -0.3 is 5.32 Å².